The number of amides is 1. The Balaban J connectivity index is 1.73. The van der Waals surface area contributed by atoms with Crippen LogP contribution in [0.2, 0.25) is 0 Å². The monoisotopic (exact) mass is 457 g/mol. The molecule has 1 aromatic heterocycles. The fourth-order valence-corrected chi connectivity index (χ4v) is 4.15. The van der Waals surface area contributed by atoms with Gasteiger partial charge < -0.3 is 14.8 Å². The van der Waals surface area contributed by atoms with Gasteiger partial charge in [0.25, 0.3) is 5.78 Å². The molecule has 0 aliphatic carbocycles. The third-order valence-corrected chi connectivity index (χ3v) is 5.67. The van der Waals surface area contributed by atoms with Gasteiger partial charge in [-0.3, -0.25) is 14.5 Å². The number of aliphatic hydroxyl groups excluding tert-OH is 1. The first-order valence-corrected chi connectivity index (χ1v) is 10.7. The molecule has 0 radical (unpaired) electrons. The molecule has 0 bridgehead atoms. The SMILES string of the molecule is CCOc1cccc(/C(O)=C2\C(=O)C(=O)N(c3nc4ccccc4[nH]3)C2c2ccccc2F)c1. The van der Waals surface area contributed by atoms with Crippen molar-refractivity contribution in [2.75, 3.05) is 11.5 Å². The van der Waals surface area contributed by atoms with E-state index >= 15 is 0 Å². The van der Waals surface area contributed by atoms with Gasteiger partial charge in [0.1, 0.15) is 23.4 Å². The predicted octanol–water partition coefficient (Wildman–Crippen LogP) is 4.73. The Morgan fingerprint density at radius 1 is 1.09 bits per heavy atom. The summed E-state index contributed by atoms with van der Waals surface area (Å²) in [4.78, 5) is 35.0. The highest BCUT2D eigenvalue weighted by molar-refractivity contribution is 6.51. The lowest BCUT2D eigenvalue weighted by atomic mass is 9.95. The Morgan fingerprint density at radius 2 is 1.85 bits per heavy atom. The van der Waals surface area contributed by atoms with E-state index in [2.05, 4.69) is 9.97 Å². The highest BCUT2D eigenvalue weighted by Gasteiger charge is 2.49. The number of para-hydroxylation sites is 2. The molecule has 3 aromatic carbocycles. The number of Topliss-reactive ketones (excluding diaryl/α,β-unsaturated/α-hetero) is 1. The summed E-state index contributed by atoms with van der Waals surface area (Å²) in [6.45, 7) is 2.24. The van der Waals surface area contributed by atoms with Crippen LogP contribution in [0.15, 0.2) is 78.4 Å². The van der Waals surface area contributed by atoms with Gasteiger partial charge >= 0.3 is 5.91 Å². The van der Waals surface area contributed by atoms with Crippen molar-refractivity contribution < 1.29 is 23.8 Å². The van der Waals surface area contributed by atoms with E-state index in [-0.39, 0.29) is 22.6 Å². The Kier molecular flexibility index (Phi) is 5.33. The van der Waals surface area contributed by atoms with Crippen LogP contribution >= 0.6 is 0 Å². The number of fused-ring (bicyclic) bond motifs is 1. The molecule has 170 valence electrons. The van der Waals surface area contributed by atoms with Crippen molar-refractivity contribution in [3.63, 3.8) is 0 Å². The molecule has 5 rings (SSSR count). The smallest absolute Gasteiger partial charge is 0.302 e. The molecule has 1 atom stereocenters. The van der Waals surface area contributed by atoms with Crippen LogP contribution in [-0.4, -0.2) is 33.4 Å². The maximum atomic E-state index is 15.0. The summed E-state index contributed by atoms with van der Waals surface area (Å²) < 4.78 is 20.5. The van der Waals surface area contributed by atoms with Crippen LogP contribution in [0.1, 0.15) is 24.1 Å². The summed E-state index contributed by atoms with van der Waals surface area (Å²) in [6, 6.07) is 18.3. The number of aromatic amines is 1. The molecule has 2 N–H and O–H groups in total. The van der Waals surface area contributed by atoms with Crippen LogP contribution in [0.25, 0.3) is 16.8 Å². The van der Waals surface area contributed by atoms with Gasteiger partial charge in [-0.2, -0.15) is 0 Å². The van der Waals surface area contributed by atoms with E-state index in [0.717, 1.165) is 4.90 Å². The van der Waals surface area contributed by atoms with Crippen molar-refractivity contribution in [1.82, 2.24) is 9.97 Å². The van der Waals surface area contributed by atoms with Crippen molar-refractivity contribution in [3.8, 4) is 5.75 Å². The molecule has 34 heavy (non-hydrogen) atoms. The number of aromatic nitrogens is 2. The number of halogens is 1. The van der Waals surface area contributed by atoms with Gasteiger partial charge in [-0.15, -0.1) is 0 Å². The number of H-pyrrole nitrogens is 1. The number of benzene rings is 3. The second kappa shape index (κ2) is 8.47. The number of nitrogens with one attached hydrogen (secondary N) is 1. The predicted molar refractivity (Wildman–Crippen MR) is 125 cm³/mol. The van der Waals surface area contributed by atoms with E-state index in [1.165, 1.54) is 18.2 Å². The van der Waals surface area contributed by atoms with Gasteiger partial charge in [0.2, 0.25) is 5.95 Å². The van der Waals surface area contributed by atoms with Gasteiger partial charge in [0.15, 0.2) is 0 Å². The van der Waals surface area contributed by atoms with E-state index in [9.17, 15) is 19.1 Å². The lowest BCUT2D eigenvalue weighted by Gasteiger charge is -2.23. The minimum Gasteiger partial charge on any atom is -0.507 e. The Hall–Kier alpha value is -4.46. The molecule has 7 nitrogen and oxygen atoms in total. The third kappa shape index (κ3) is 3.49. The molecule has 1 aliphatic heterocycles. The quantitative estimate of drug-likeness (QED) is 0.257. The third-order valence-electron chi connectivity index (χ3n) is 5.67. The number of carbonyl (C=O) groups is 2. The fourth-order valence-electron chi connectivity index (χ4n) is 4.15. The Labute approximate surface area is 194 Å². The summed E-state index contributed by atoms with van der Waals surface area (Å²) in [5.41, 5.74) is 1.33. The number of hydrogen-bond donors (Lipinski definition) is 2. The van der Waals surface area contributed by atoms with Gasteiger partial charge in [-0.25, -0.2) is 9.37 Å². The number of rotatable bonds is 5. The zero-order chi connectivity index (χ0) is 23.8. The Bertz CT molecular complexity index is 1430. The maximum Gasteiger partial charge on any atom is 0.302 e. The highest BCUT2D eigenvalue weighted by Crippen LogP contribution is 2.42. The van der Waals surface area contributed by atoms with E-state index < -0.39 is 29.3 Å². The molecule has 8 heteroatoms. The van der Waals surface area contributed by atoms with Crippen LogP contribution in [0.4, 0.5) is 10.3 Å². The molecule has 1 saturated heterocycles. The summed E-state index contributed by atoms with van der Waals surface area (Å²) in [6.07, 6.45) is 0. The lowest BCUT2D eigenvalue weighted by Crippen LogP contribution is -2.30. The molecular weight excluding hydrogens is 437 g/mol. The maximum absolute atomic E-state index is 15.0. The lowest BCUT2D eigenvalue weighted by molar-refractivity contribution is -0.132. The van der Waals surface area contributed by atoms with Crippen LogP contribution in [0.5, 0.6) is 5.75 Å². The average Bonchev–Trinajstić information content (AvgIpc) is 3.38. The molecule has 1 amide bonds. The number of nitrogens with zero attached hydrogens (tertiary/aromatic N) is 2. The summed E-state index contributed by atoms with van der Waals surface area (Å²) >= 11 is 0. The van der Waals surface area contributed by atoms with Crippen LogP contribution in [-0.2, 0) is 9.59 Å². The average molecular weight is 457 g/mol. The molecule has 2 heterocycles. The van der Waals surface area contributed by atoms with E-state index in [1.54, 1.807) is 54.6 Å². The Morgan fingerprint density at radius 3 is 2.62 bits per heavy atom. The number of ketones is 1. The van der Waals surface area contributed by atoms with Gasteiger partial charge in [-0.1, -0.05) is 42.5 Å². The van der Waals surface area contributed by atoms with Gasteiger partial charge in [-0.05, 0) is 37.3 Å². The molecular formula is C26H20FN3O4. The molecule has 0 saturated carbocycles. The van der Waals surface area contributed by atoms with Gasteiger partial charge in [0.05, 0.1) is 23.2 Å². The standard InChI is InChI=1S/C26H20FN3O4/c1-2-34-16-9-7-8-15(14-16)23(31)21-22(17-10-3-4-11-18(17)27)30(25(33)24(21)32)26-28-19-12-5-6-13-20(19)29-26/h3-14,22,31H,2H2,1H3,(H,28,29)/b23-21+. The second-order valence-corrected chi connectivity index (χ2v) is 7.73. The molecule has 4 aromatic rings. The van der Waals surface area contributed by atoms with E-state index in [1.807, 2.05) is 6.92 Å². The first-order valence-electron chi connectivity index (χ1n) is 10.7. The number of hydrogen-bond acceptors (Lipinski definition) is 5. The topological polar surface area (TPSA) is 95.5 Å². The summed E-state index contributed by atoms with van der Waals surface area (Å²) in [7, 11) is 0. The number of aliphatic hydroxyl groups is 1. The largest absolute Gasteiger partial charge is 0.507 e. The normalized spacial score (nSPS) is 17.5. The number of carbonyl (C=O) groups excluding carboxylic acids is 2. The number of anilines is 1. The minimum atomic E-state index is -1.22. The van der Waals surface area contributed by atoms with Crippen molar-refractivity contribution >= 4 is 34.4 Å². The van der Waals surface area contributed by atoms with Crippen molar-refractivity contribution in [3.05, 3.63) is 95.3 Å². The van der Waals surface area contributed by atoms with Crippen LogP contribution in [0.3, 0.4) is 0 Å². The zero-order valence-corrected chi connectivity index (χ0v) is 18.2. The fraction of sp³-hybridized carbons (Fsp3) is 0.115. The molecule has 1 fully saturated rings. The molecule has 0 spiro atoms. The molecule has 1 aliphatic rings. The first-order chi connectivity index (χ1) is 16.5. The van der Waals surface area contributed by atoms with Crippen LogP contribution in [0, 0.1) is 5.82 Å². The van der Waals surface area contributed by atoms with Crippen molar-refractivity contribution in [2.24, 2.45) is 0 Å². The number of imidazole rings is 1. The van der Waals surface area contributed by atoms with E-state index in [4.69, 9.17) is 4.74 Å². The summed E-state index contributed by atoms with van der Waals surface area (Å²) in [5.74, 6) is -2.33. The van der Waals surface area contributed by atoms with Gasteiger partial charge in [0, 0.05) is 11.1 Å². The van der Waals surface area contributed by atoms with Crippen LogP contribution < -0.4 is 9.64 Å². The summed E-state index contributed by atoms with van der Waals surface area (Å²) in [5, 5.41) is 11.2. The molecule has 1 unspecified atom stereocenters. The van der Waals surface area contributed by atoms with Crippen molar-refractivity contribution in [2.45, 2.75) is 13.0 Å². The number of ether oxygens (including phenoxy) is 1. The minimum absolute atomic E-state index is 0.0599. The van der Waals surface area contributed by atoms with Crippen molar-refractivity contribution in [1.29, 1.82) is 0 Å². The highest BCUT2D eigenvalue weighted by atomic mass is 19.1. The zero-order valence-electron chi connectivity index (χ0n) is 18.2. The second-order valence-electron chi connectivity index (χ2n) is 7.73. The van der Waals surface area contributed by atoms with E-state index in [0.29, 0.717) is 23.4 Å². The first kappa shape index (κ1) is 21.4.